The first-order chi connectivity index (χ1) is 9.49. The fourth-order valence-electron chi connectivity index (χ4n) is 1.60. The van der Waals surface area contributed by atoms with Gasteiger partial charge < -0.3 is 9.84 Å². The molecule has 0 fully saturated rings. The summed E-state index contributed by atoms with van der Waals surface area (Å²) in [7, 11) is 0. The minimum Gasteiger partial charge on any atom is -0.344 e. The summed E-state index contributed by atoms with van der Waals surface area (Å²) >= 11 is 6.08. The zero-order chi connectivity index (χ0) is 14.7. The quantitative estimate of drug-likeness (QED) is 0.940. The van der Waals surface area contributed by atoms with Crippen LogP contribution in [-0.4, -0.2) is 16.0 Å². The summed E-state index contributed by atoms with van der Waals surface area (Å²) in [5.41, 5.74) is 0.701. The number of carbonyl (C=O) groups excluding carboxylic acids is 1. The fourth-order valence-corrected chi connectivity index (χ4v) is 1.83. The molecule has 1 amide bonds. The van der Waals surface area contributed by atoms with Gasteiger partial charge in [-0.15, -0.1) is 0 Å². The van der Waals surface area contributed by atoms with E-state index >= 15 is 0 Å². The molecular formula is C14H16ClN3O2. The number of hydrogen-bond acceptors (Lipinski definition) is 4. The Morgan fingerprint density at radius 1 is 1.30 bits per heavy atom. The topological polar surface area (TPSA) is 68.0 Å². The molecule has 1 aromatic carbocycles. The minimum absolute atomic E-state index is 0.0602. The van der Waals surface area contributed by atoms with Crippen molar-refractivity contribution in [3.05, 3.63) is 35.2 Å². The van der Waals surface area contributed by atoms with Gasteiger partial charge in [-0.05, 0) is 19.1 Å². The summed E-state index contributed by atoms with van der Waals surface area (Å²) in [6.45, 7) is 5.44. The van der Waals surface area contributed by atoms with Crippen molar-refractivity contribution >= 4 is 17.5 Å². The van der Waals surface area contributed by atoms with Crippen LogP contribution in [0.15, 0.2) is 28.8 Å². The molecule has 20 heavy (non-hydrogen) atoms. The van der Waals surface area contributed by atoms with Gasteiger partial charge in [-0.25, -0.2) is 0 Å². The highest BCUT2D eigenvalue weighted by molar-refractivity contribution is 6.33. The molecule has 1 aromatic heterocycles. The molecular weight excluding hydrogens is 278 g/mol. The molecule has 1 atom stereocenters. The zero-order valence-electron chi connectivity index (χ0n) is 11.6. The van der Waals surface area contributed by atoms with Crippen LogP contribution in [0.3, 0.4) is 0 Å². The molecule has 0 spiro atoms. The monoisotopic (exact) mass is 293 g/mol. The number of aromatic nitrogens is 2. The van der Waals surface area contributed by atoms with E-state index < -0.39 is 0 Å². The van der Waals surface area contributed by atoms with E-state index in [1.807, 2.05) is 32.0 Å². The molecule has 106 valence electrons. The number of hydrogen-bond donors (Lipinski definition) is 1. The zero-order valence-corrected chi connectivity index (χ0v) is 12.3. The number of carbonyl (C=O) groups is 1. The summed E-state index contributed by atoms with van der Waals surface area (Å²) in [5, 5.41) is 7.26. The standard InChI is InChI=1S/C14H16ClN3O2/c1-8(2)13(19)16-9(3)14-17-12(18-20-14)10-6-4-5-7-11(10)15/h4-9H,1-3H3,(H,16,19)/t9-/m0/s1. The highest BCUT2D eigenvalue weighted by Crippen LogP contribution is 2.25. The predicted octanol–water partition coefficient (Wildman–Crippen LogP) is 3.22. The number of rotatable bonds is 4. The lowest BCUT2D eigenvalue weighted by Crippen LogP contribution is -2.30. The average molecular weight is 294 g/mol. The van der Waals surface area contributed by atoms with Gasteiger partial charge in [0.05, 0.1) is 5.02 Å². The second-order valence-corrected chi connectivity index (χ2v) is 5.23. The van der Waals surface area contributed by atoms with Crippen LogP contribution in [0.1, 0.15) is 32.7 Å². The van der Waals surface area contributed by atoms with E-state index in [4.69, 9.17) is 16.1 Å². The number of amides is 1. The van der Waals surface area contributed by atoms with Gasteiger partial charge in [0.25, 0.3) is 0 Å². The van der Waals surface area contributed by atoms with Crippen LogP contribution >= 0.6 is 11.6 Å². The molecule has 0 saturated heterocycles. The van der Waals surface area contributed by atoms with Gasteiger partial charge in [0.1, 0.15) is 6.04 Å². The molecule has 0 aliphatic carbocycles. The molecule has 0 aliphatic heterocycles. The second kappa shape index (κ2) is 6.05. The summed E-state index contributed by atoms with van der Waals surface area (Å²) in [4.78, 5) is 15.9. The van der Waals surface area contributed by atoms with Crippen molar-refractivity contribution in [3.8, 4) is 11.4 Å². The highest BCUT2D eigenvalue weighted by Gasteiger charge is 2.19. The normalized spacial score (nSPS) is 12.4. The summed E-state index contributed by atoms with van der Waals surface area (Å²) in [6, 6.07) is 6.92. The molecule has 0 saturated carbocycles. The molecule has 5 nitrogen and oxygen atoms in total. The van der Waals surface area contributed by atoms with Gasteiger partial charge in [-0.1, -0.05) is 42.7 Å². The third-order valence-corrected chi connectivity index (χ3v) is 3.14. The van der Waals surface area contributed by atoms with Crippen molar-refractivity contribution in [1.29, 1.82) is 0 Å². The lowest BCUT2D eigenvalue weighted by molar-refractivity contribution is -0.124. The lowest BCUT2D eigenvalue weighted by atomic mass is 10.2. The van der Waals surface area contributed by atoms with Crippen molar-refractivity contribution in [2.75, 3.05) is 0 Å². The first-order valence-corrected chi connectivity index (χ1v) is 6.75. The molecule has 1 N–H and O–H groups in total. The maximum Gasteiger partial charge on any atom is 0.249 e. The molecule has 2 rings (SSSR count). The SMILES string of the molecule is CC(C)C(=O)N[C@@H](C)c1nc(-c2ccccc2Cl)no1. The van der Waals surface area contributed by atoms with Crippen molar-refractivity contribution < 1.29 is 9.32 Å². The van der Waals surface area contributed by atoms with Crippen LogP contribution in [0, 0.1) is 5.92 Å². The third kappa shape index (κ3) is 3.17. The van der Waals surface area contributed by atoms with Crippen molar-refractivity contribution in [2.24, 2.45) is 5.92 Å². The van der Waals surface area contributed by atoms with Gasteiger partial charge >= 0.3 is 0 Å². The van der Waals surface area contributed by atoms with Crippen LogP contribution < -0.4 is 5.32 Å². The summed E-state index contributed by atoms with van der Waals surface area (Å²) in [5.74, 6) is 0.614. The summed E-state index contributed by atoms with van der Waals surface area (Å²) < 4.78 is 5.18. The molecule has 2 aromatic rings. The van der Waals surface area contributed by atoms with Crippen molar-refractivity contribution in [3.63, 3.8) is 0 Å². The van der Waals surface area contributed by atoms with E-state index in [2.05, 4.69) is 15.5 Å². The third-order valence-electron chi connectivity index (χ3n) is 2.81. The number of halogens is 1. The smallest absolute Gasteiger partial charge is 0.249 e. The molecule has 0 bridgehead atoms. The van der Waals surface area contributed by atoms with Crippen LogP contribution in [0.25, 0.3) is 11.4 Å². The number of benzene rings is 1. The van der Waals surface area contributed by atoms with E-state index in [0.29, 0.717) is 22.3 Å². The summed E-state index contributed by atoms with van der Waals surface area (Å²) in [6.07, 6.45) is 0. The van der Waals surface area contributed by atoms with Crippen LogP contribution in [-0.2, 0) is 4.79 Å². The highest BCUT2D eigenvalue weighted by atomic mass is 35.5. The van der Waals surface area contributed by atoms with Gasteiger partial charge in [0, 0.05) is 11.5 Å². The largest absolute Gasteiger partial charge is 0.344 e. The first kappa shape index (κ1) is 14.5. The molecule has 0 aliphatic rings. The Morgan fingerprint density at radius 2 is 2.00 bits per heavy atom. The van der Waals surface area contributed by atoms with Gasteiger partial charge in [0.15, 0.2) is 0 Å². The van der Waals surface area contributed by atoms with E-state index in [1.54, 1.807) is 13.0 Å². The Hall–Kier alpha value is -1.88. The molecule has 1 heterocycles. The van der Waals surface area contributed by atoms with Gasteiger partial charge in [-0.3, -0.25) is 4.79 Å². The molecule has 0 unspecified atom stereocenters. The minimum atomic E-state index is -0.339. The average Bonchev–Trinajstić information content (AvgIpc) is 2.88. The Bertz CT molecular complexity index is 610. The molecule has 6 heteroatoms. The number of nitrogens with one attached hydrogen (secondary N) is 1. The maximum atomic E-state index is 11.6. The Morgan fingerprint density at radius 3 is 2.65 bits per heavy atom. The fraction of sp³-hybridized carbons (Fsp3) is 0.357. The van der Waals surface area contributed by atoms with E-state index in [0.717, 1.165) is 0 Å². The van der Waals surface area contributed by atoms with Crippen molar-refractivity contribution in [2.45, 2.75) is 26.8 Å². The van der Waals surface area contributed by atoms with Crippen LogP contribution in [0.5, 0.6) is 0 Å². The maximum absolute atomic E-state index is 11.6. The van der Waals surface area contributed by atoms with E-state index in [9.17, 15) is 4.79 Å². The van der Waals surface area contributed by atoms with Gasteiger partial charge in [-0.2, -0.15) is 4.98 Å². The Labute approximate surface area is 122 Å². The first-order valence-electron chi connectivity index (χ1n) is 6.38. The predicted molar refractivity (Wildman–Crippen MR) is 76.1 cm³/mol. The van der Waals surface area contributed by atoms with E-state index in [-0.39, 0.29) is 17.9 Å². The lowest BCUT2D eigenvalue weighted by Gasteiger charge is -2.11. The molecule has 0 radical (unpaired) electrons. The Balaban J connectivity index is 2.17. The van der Waals surface area contributed by atoms with E-state index in [1.165, 1.54) is 0 Å². The Kier molecular flexibility index (Phi) is 4.39. The van der Waals surface area contributed by atoms with Gasteiger partial charge in [0.2, 0.25) is 17.6 Å². The number of nitrogens with zero attached hydrogens (tertiary/aromatic N) is 2. The second-order valence-electron chi connectivity index (χ2n) is 4.82. The van der Waals surface area contributed by atoms with Crippen molar-refractivity contribution in [1.82, 2.24) is 15.5 Å². The van der Waals surface area contributed by atoms with Crippen LogP contribution in [0.2, 0.25) is 5.02 Å². The van der Waals surface area contributed by atoms with Crippen LogP contribution in [0.4, 0.5) is 0 Å².